The lowest BCUT2D eigenvalue weighted by Gasteiger charge is -2.21. The van der Waals surface area contributed by atoms with Crippen molar-refractivity contribution in [3.8, 4) is 0 Å². The lowest BCUT2D eigenvalue weighted by atomic mass is 10.3. The molecule has 2 atom stereocenters. The molecule has 23 heavy (non-hydrogen) atoms. The molecule has 0 aliphatic rings. The SMILES string of the molecule is NCCOCC(COCC(COCCN)OCCN)OCCN. The summed E-state index contributed by atoms with van der Waals surface area (Å²) in [5.41, 5.74) is 21.7. The third kappa shape index (κ3) is 14.9. The number of rotatable bonds is 18. The fraction of sp³-hybridized carbons (Fsp3) is 1.00. The van der Waals surface area contributed by atoms with Gasteiger partial charge in [-0.3, -0.25) is 0 Å². The van der Waals surface area contributed by atoms with Crippen molar-refractivity contribution in [2.24, 2.45) is 22.9 Å². The summed E-state index contributed by atoms with van der Waals surface area (Å²) >= 11 is 0. The van der Waals surface area contributed by atoms with E-state index in [1.54, 1.807) is 0 Å². The molecule has 0 saturated carbocycles. The van der Waals surface area contributed by atoms with Crippen LogP contribution in [0.25, 0.3) is 0 Å². The number of nitrogens with two attached hydrogens (primary N) is 4. The third-order valence-corrected chi connectivity index (χ3v) is 2.68. The predicted molar refractivity (Wildman–Crippen MR) is 88.2 cm³/mol. The van der Waals surface area contributed by atoms with Gasteiger partial charge in [0.2, 0.25) is 0 Å². The van der Waals surface area contributed by atoms with Crippen LogP contribution in [-0.4, -0.2) is 91.2 Å². The van der Waals surface area contributed by atoms with Crippen molar-refractivity contribution in [3.63, 3.8) is 0 Å². The molecule has 0 aromatic carbocycles. The van der Waals surface area contributed by atoms with Crippen molar-refractivity contribution in [1.29, 1.82) is 0 Å². The minimum Gasteiger partial charge on any atom is -0.377 e. The van der Waals surface area contributed by atoms with Crippen LogP contribution in [-0.2, 0) is 23.7 Å². The van der Waals surface area contributed by atoms with E-state index in [0.29, 0.717) is 79.0 Å². The largest absolute Gasteiger partial charge is 0.377 e. The van der Waals surface area contributed by atoms with Gasteiger partial charge in [-0.1, -0.05) is 0 Å². The van der Waals surface area contributed by atoms with Gasteiger partial charge in [-0.25, -0.2) is 0 Å². The molecule has 2 unspecified atom stereocenters. The van der Waals surface area contributed by atoms with Gasteiger partial charge in [0.05, 0.1) is 52.9 Å². The molecule has 0 rings (SSSR count). The van der Waals surface area contributed by atoms with Gasteiger partial charge in [-0.2, -0.15) is 0 Å². The van der Waals surface area contributed by atoms with Crippen molar-refractivity contribution in [3.05, 3.63) is 0 Å². The molecule has 0 aromatic heterocycles. The topological polar surface area (TPSA) is 150 Å². The standard InChI is InChI=1S/C14H34N4O5/c15-1-5-19-9-13(22-7-3-17)11-21-12-14(23-8-4-18)10-20-6-2-16/h13-14H,1-12,15-18H2. The molecule has 8 N–H and O–H groups in total. The summed E-state index contributed by atoms with van der Waals surface area (Å²) in [5.74, 6) is 0. The van der Waals surface area contributed by atoms with Crippen molar-refractivity contribution >= 4 is 0 Å². The van der Waals surface area contributed by atoms with Crippen LogP contribution in [0.1, 0.15) is 0 Å². The summed E-state index contributed by atoms with van der Waals surface area (Å²) in [4.78, 5) is 0. The highest BCUT2D eigenvalue weighted by Gasteiger charge is 2.14. The Morgan fingerprint density at radius 3 is 1.17 bits per heavy atom. The zero-order valence-corrected chi connectivity index (χ0v) is 14.0. The minimum absolute atomic E-state index is 0.190. The monoisotopic (exact) mass is 338 g/mol. The Morgan fingerprint density at radius 1 is 0.478 bits per heavy atom. The first-order valence-electron chi connectivity index (χ1n) is 8.05. The Bertz CT molecular complexity index is 217. The van der Waals surface area contributed by atoms with E-state index >= 15 is 0 Å². The summed E-state index contributed by atoms with van der Waals surface area (Å²) in [6.45, 7) is 5.29. The zero-order valence-electron chi connectivity index (χ0n) is 14.0. The summed E-state index contributed by atoms with van der Waals surface area (Å²) in [5, 5.41) is 0. The van der Waals surface area contributed by atoms with E-state index in [-0.39, 0.29) is 12.2 Å². The third-order valence-electron chi connectivity index (χ3n) is 2.68. The van der Waals surface area contributed by atoms with Crippen LogP contribution >= 0.6 is 0 Å². The van der Waals surface area contributed by atoms with Crippen LogP contribution in [0.4, 0.5) is 0 Å². The van der Waals surface area contributed by atoms with Gasteiger partial charge in [-0.05, 0) is 0 Å². The van der Waals surface area contributed by atoms with E-state index in [2.05, 4.69) is 0 Å². The molecule has 0 spiro atoms. The predicted octanol–water partition coefficient (Wildman–Crippen LogP) is -2.36. The highest BCUT2D eigenvalue weighted by Crippen LogP contribution is 2.00. The Hall–Kier alpha value is -0.360. The smallest absolute Gasteiger partial charge is 0.104 e. The van der Waals surface area contributed by atoms with Crippen molar-refractivity contribution in [2.45, 2.75) is 12.2 Å². The van der Waals surface area contributed by atoms with Gasteiger partial charge in [0.25, 0.3) is 0 Å². The van der Waals surface area contributed by atoms with Gasteiger partial charge in [0.15, 0.2) is 0 Å². The van der Waals surface area contributed by atoms with Crippen LogP contribution in [0.3, 0.4) is 0 Å². The molecule has 0 saturated heterocycles. The summed E-state index contributed by atoms with van der Waals surface area (Å²) in [6.07, 6.45) is -0.379. The number of hydrogen-bond donors (Lipinski definition) is 4. The highest BCUT2D eigenvalue weighted by molar-refractivity contribution is 4.60. The second kappa shape index (κ2) is 18.0. The molecule has 0 radical (unpaired) electrons. The molecule has 0 bridgehead atoms. The molecule has 0 aliphatic carbocycles. The van der Waals surface area contributed by atoms with Crippen LogP contribution in [0.5, 0.6) is 0 Å². The maximum absolute atomic E-state index is 5.66. The zero-order chi connectivity index (χ0) is 17.2. The average Bonchev–Trinajstić information content (AvgIpc) is 2.56. The molecule has 140 valence electrons. The molecular weight excluding hydrogens is 304 g/mol. The average molecular weight is 338 g/mol. The van der Waals surface area contributed by atoms with Crippen LogP contribution < -0.4 is 22.9 Å². The van der Waals surface area contributed by atoms with E-state index in [4.69, 9.17) is 46.6 Å². The normalized spacial score (nSPS) is 14.1. The Balaban J connectivity index is 4.03. The Kier molecular flexibility index (Phi) is 17.7. The fourth-order valence-corrected chi connectivity index (χ4v) is 1.69. The van der Waals surface area contributed by atoms with Crippen LogP contribution in [0, 0.1) is 0 Å². The summed E-state index contributed by atoms with van der Waals surface area (Å²) in [6, 6.07) is 0. The lowest BCUT2D eigenvalue weighted by molar-refractivity contribution is -0.0920. The molecule has 9 heteroatoms. The fourth-order valence-electron chi connectivity index (χ4n) is 1.69. The van der Waals surface area contributed by atoms with Crippen molar-refractivity contribution in [2.75, 3.05) is 79.0 Å². The first-order chi connectivity index (χ1) is 11.3. The van der Waals surface area contributed by atoms with E-state index in [0.717, 1.165) is 0 Å². The molecule has 0 fully saturated rings. The van der Waals surface area contributed by atoms with Gasteiger partial charge in [0.1, 0.15) is 12.2 Å². The highest BCUT2D eigenvalue weighted by atomic mass is 16.6. The van der Waals surface area contributed by atoms with E-state index in [9.17, 15) is 0 Å². The molecular formula is C14H34N4O5. The maximum Gasteiger partial charge on any atom is 0.104 e. The lowest BCUT2D eigenvalue weighted by Crippen LogP contribution is -2.33. The summed E-state index contributed by atoms with van der Waals surface area (Å²) in [7, 11) is 0. The number of hydrogen-bond acceptors (Lipinski definition) is 9. The molecule has 0 aliphatic heterocycles. The van der Waals surface area contributed by atoms with Crippen LogP contribution in [0.15, 0.2) is 0 Å². The maximum atomic E-state index is 5.66. The van der Waals surface area contributed by atoms with Gasteiger partial charge >= 0.3 is 0 Å². The van der Waals surface area contributed by atoms with Gasteiger partial charge < -0.3 is 46.6 Å². The first kappa shape index (κ1) is 22.6. The van der Waals surface area contributed by atoms with Crippen molar-refractivity contribution < 1.29 is 23.7 Å². The van der Waals surface area contributed by atoms with Crippen molar-refractivity contribution in [1.82, 2.24) is 0 Å². The summed E-state index contributed by atoms with van der Waals surface area (Å²) < 4.78 is 27.6. The first-order valence-corrected chi connectivity index (χ1v) is 8.05. The molecule has 0 heterocycles. The molecule has 0 amide bonds. The van der Waals surface area contributed by atoms with Gasteiger partial charge in [0, 0.05) is 26.2 Å². The molecule has 9 nitrogen and oxygen atoms in total. The molecule has 0 aromatic rings. The van der Waals surface area contributed by atoms with E-state index in [1.165, 1.54) is 0 Å². The second-order valence-corrected chi connectivity index (χ2v) is 4.83. The van der Waals surface area contributed by atoms with E-state index in [1.807, 2.05) is 0 Å². The number of ether oxygens (including phenoxy) is 5. The van der Waals surface area contributed by atoms with E-state index < -0.39 is 0 Å². The Morgan fingerprint density at radius 2 is 0.826 bits per heavy atom. The quantitative estimate of drug-likeness (QED) is 0.201. The second-order valence-electron chi connectivity index (χ2n) is 4.83. The van der Waals surface area contributed by atoms with Crippen LogP contribution in [0.2, 0.25) is 0 Å². The van der Waals surface area contributed by atoms with Gasteiger partial charge in [-0.15, -0.1) is 0 Å². The Labute approximate surface area is 138 Å². The minimum atomic E-state index is -0.190.